The maximum absolute atomic E-state index is 9.31. The van der Waals surface area contributed by atoms with Crippen molar-refractivity contribution in [1.29, 1.82) is 5.26 Å². The van der Waals surface area contributed by atoms with Crippen LogP contribution in [0.4, 0.5) is 5.88 Å². The highest BCUT2D eigenvalue weighted by Gasteiger charge is 2.14. The van der Waals surface area contributed by atoms with E-state index in [1.165, 1.54) is 22.5 Å². The van der Waals surface area contributed by atoms with E-state index in [-0.39, 0.29) is 5.69 Å². The van der Waals surface area contributed by atoms with Crippen LogP contribution in [0.5, 0.6) is 11.5 Å². The molecule has 5 nitrogen and oxygen atoms in total. The van der Waals surface area contributed by atoms with Crippen molar-refractivity contribution in [2.45, 2.75) is 20.4 Å². The summed E-state index contributed by atoms with van der Waals surface area (Å²) >= 11 is 1.52. The van der Waals surface area contributed by atoms with Gasteiger partial charge in [0.15, 0.2) is 0 Å². The van der Waals surface area contributed by atoms with Crippen LogP contribution in [-0.2, 0) is 6.54 Å². The van der Waals surface area contributed by atoms with Crippen molar-refractivity contribution in [3.8, 4) is 28.3 Å². The van der Waals surface area contributed by atoms with Gasteiger partial charge in [0.1, 0.15) is 17.6 Å². The Morgan fingerprint density at radius 2 is 1.86 bits per heavy atom. The van der Waals surface area contributed by atoms with E-state index in [9.17, 15) is 5.26 Å². The molecule has 29 heavy (non-hydrogen) atoms. The second-order valence-electron chi connectivity index (χ2n) is 6.63. The summed E-state index contributed by atoms with van der Waals surface area (Å²) in [5.41, 5.74) is 3.73. The van der Waals surface area contributed by atoms with Gasteiger partial charge in [-0.3, -0.25) is 0 Å². The van der Waals surface area contributed by atoms with E-state index in [2.05, 4.69) is 36.3 Å². The minimum atomic E-state index is 0.253. The zero-order valence-electron chi connectivity index (χ0n) is 16.1. The monoisotopic (exact) mass is 401 g/mol. The first-order valence-corrected chi connectivity index (χ1v) is 10.0. The van der Waals surface area contributed by atoms with Crippen LogP contribution in [-0.4, -0.2) is 4.98 Å². The number of nitrogens with zero attached hydrogens (tertiary/aromatic N) is 2. The van der Waals surface area contributed by atoms with Crippen molar-refractivity contribution in [3.63, 3.8) is 0 Å². The fraction of sp³-hybridized carbons (Fsp3) is 0.130. The molecule has 0 unspecified atom stereocenters. The summed E-state index contributed by atoms with van der Waals surface area (Å²) in [7, 11) is 0. The van der Waals surface area contributed by atoms with Crippen molar-refractivity contribution < 1.29 is 9.15 Å². The highest BCUT2D eigenvalue weighted by molar-refractivity contribution is 7.13. The molecule has 0 bridgehead atoms. The Morgan fingerprint density at radius 3 is 2.55 bits per heavy atom. The van der Waals surface area contributed by atoms with Crippen LogP contribution in [0.2, 0.25) is 0 Å². The minimum Gasteiger partial charge on any atom is -0.457 e. The fourth-order valence-electron chi connectivity index (χ4n) is 2.79. The van der Waals surface area contributed by atoms with Crippen LogP contribution in [0.15, 0.2) is 64.4 Å². The third-order valence-electron chi connectivity index (χ3n) is 4.56. The van der Waals surface area contributed by atoms with Gasteiger partial charge in [-0.05, 0) is 66.2 Å². The van der Waals surface area contributed by atoms with Crippen LogP contribution < -0.4 is 10.1 Å². The molecular formula is C23H19N3O2S. The molecule has 0 saturated heterocycles. The molecule has 4 aromatic rings. The smallest absolute Gasteiger partial charge is 0.240 e. The molecule has 0 radical (unpaired) electrons. The standard InChI is InChI=1S/C23H19N3O2S/c1-15-5-8-19(12-16(15)2)27-18-9-6-17(7-10-18)14-25-22-20(13-24)26-23(28-22)21-4-3-11-29-21/h3-12,25H,14H2,1-2H3. The molecule has 0 atom stereocenters. The predicted molar refractivity (Wildman–Crippen MR) is 114 cm³/mol. The number of benzene rings is 2. The summed E-state index contributed by atoms with van der Waals surface area (Å²) < 4.78 is 11.7. The molecule has 2 heterocycles. The van der Waals surface area contributed by atoms with Crippen LogP contribution >= 0.6 is 11.3 Å². The van der Waals surface area contributed by atoms with Gasteiger partial charge in [0.05, 0.1) is 4.88 Å². The van der Waals surface area contributed by atoms with Crippen molar-refractivity contribution >= 4 is 17.2 Å². The van der Waals surface area contributed by atoms with Crippen LogP contribution in [0, 0.1) is 25.2 Å². The molecule has 0 amide bonds. The molecule has 0 aliphatic heterocycles. The molecule has 0 saturated carbocycles. The molecule has 0 aliphatic rings. The SMILES string of the molecule is Cc1ccc(Oc2ccc(CNc3oc(-c4cccs4)nc3C#N)cc2)cc1C. The van der Waals surface area contributed by atoms with Crippen molar-refractivity contribution in [2.24, 2.45) is 0 Å². The lowest BCUT2D eigenvalue weighted by molar-refractivity contribution is 0.482. The fourth-order valence-corrected chi connectivity index (χ4v) is 3.44. The van der Waals surface area contributed by atoms with Gasteiger partial charge in [0.2, 0.25) is 17.5 Å². The van der Waals surface area contributed by atoms with E-state index in [4.69, 9.17) is 9.15 Å². The van der Waals surface area contributed by atoms with Crippen molar-refractivity contribution in [1.82, 2.24) is 4.98 Å². The maximum Gasteiger partial charge on any atom is 0.240 e. The molecule has 4 rings (SSSR count). The normalized spacial score (nSPS) is 10.5. The number of ether oxygens (including phenoxy) is 1. The number of aromatic nitrogens is 1. The number of rotatable bonds is 6. The van der Waals surface area contributed by atoms with Gasteiger partial charge in [-0.2, -0.15) is 10.2 Å². The largest absolute Gasteiger partial charge is 0.457 e. The first-order chi connectivity index (χ1) is 14.1. The van der Waals surface area contributed by atoms with Gasteiger partial charge >= 0.3 is 0 Å². The number of oxazole rings is 1. The lowest BCUT2D eigenvalue weighted by atomic mass is 10.1. The molecule has 144 valence electrons. The van der Waals surface area contributed by atoms with Gasteiger partial charge in [-0.1, -0.05) is 24.3 Å². The van der Waals surface area contributed by atoms with Gasteiger partial charge in [-0.25, -0.2) is 0 Å². The summed E-state index contributed by atoms with van der Waals surface area (Å²) in [5.74, 6) is 2.43. The number of thiophene rings is 1. The van der Waals surface area contributed by atoms with Gasteiger partial charge < -0.3 is 14.5 Å². The number of aryl methyl sites for hydroxylation is 2. The molecule has 2 aromatic carbocycles. The second-order valence-corrected chi connectivity index (χ2v) is 7.58. The van der Waals surface area contributed by atoms with E-state index >= 15 is 0 Å². The first-order valence-electron chi connectivity index (χ1n) is 9.15. The number of hydrogen-bond donors (Lipinski definition) is 1. The second kappa shape index (κ2) is 8.21. The number of hydrogen-bond acceptors (Lipinski definition) is 6. The Kier molecular flexibility index (Phi) is 5.32. The number of nitriles is 1. The molecule has 0 spiro atoms. The van der Waals surface area contributed by atoms with E-state index in [0.29, 0.717) is 18.3 Å². The van der Waals surface area contributed by atoms with Crippen LogP contribution in [0.1, 0.15) is 22.4 Å². The summed E-state index contributed by atoms with van der Waals surface area (Å²) in [5, 5.41) is 14.4. The number of anilines is 1. The Bertz CT molecular complexity index is 1160. The molecule has 2 aromatic heterocycles. The number of nitrogens with one attached hydrogen (secondary N) is 1. The zero-order chi connectivity index (χ0) is 20.2. The minimum absolute atomic E-state index is 0.253. The van der Waals surface area contributed by atoms with Crippen molar-refractivity contribution in [2.75, 3.05) is 5.32 Å². The Balaban J connectivity index is 1.42. The first kappa shape index (κ1) is 18.8. The topological polar surface area (TPSA) is 71.1 Å². The summed E-state index contributed by atoms with van der Waals surface area (Å²) in [4.78, 5) is 5.15. The van der Waals surface area contributed by atoms with Crippen LogP contribution in [0.3, 0.4) is 0 Å². The summed E-state index contributed by atoms with van der Waals surface area (Å²) in [6.07, 6.45) is 0. The predicted octanol–water partition coefficient (Wildman–Crippen LogP) is 6.30. The lowest BCUT2D eigenvalue weighted by Crippen LogP contribution is -1.99. The quantitative estimate of drug-likeness (QED) is 0.411. The Morgan fingerprint density at radius 1 is 1.07 bits per heavy atom. The Hall–Kier alpha value is -3.56. The third-order valence-corrected chi connectivity index (χ3v) is 5.41. The van der Waals surface area contributed by atoms with Gasteiger partial charge in [-0.15, -0.1) is 11.3 Å². The molecule has 6 heteroatoms. The molecule has 0 aliphatic carbocycles. The average Bonchev–Trinajstić information content (AvgIpc) is 3.40. The summed E-state index contributed by atoms with van der Waals surface area (Å²) in [6.45, 7) is 4.66. The third kappa shape index (κ3) is 4.31. The van der Waals surface area contributed by atoms with Crippen molar-refractivity contribution in [3.05, 3.63) is 82.4 Å². The highest BCUT2D eigenvalue weighted by Crippen LogP contribution is 2.29. The van der Waals surface area contributed by atoms with E-state index in [1.54, 1.807) is 0 Å². The van der Waals surface area contributed by atoms with E-state index in [0.717, 1.165) is 21.9 Å². The average molecular weight is 401 g/mol. The maximum atomic E-state index is 9.31. The molecule has 0 fully saturated rings. The van der Waals surface area contributed by atoms with Gasteiger partial charge in [0.25, 0.3) is 0 Å². The molecule has 1 N–H and O–H groups in total. The highest BCUT2D eigenvalue weighted by atomic mass is 32.1. The zero-order valence-corrected chi connectivity index (χ0v) is 16.9. The molecular weight excluding hydrogens is 382 g/mol. The summed E-state index contributed by atoms with van der Waals surface area (Å²) in [6, 6.07) is 19.8. The lowest BCUT2D eigenvalue weighted by Gasteiger charge is -2.09. The van der Waals surface area contributed by atoms with Gasteiger partial charge in [0, 0.05) is 6.54 Å². The van der Waals surface area contributed by atoms with E-state index < -0.39 is 0 Å². The Labute approximate surface area is 173 Å². The van der Waals surface area contributed by atoms with E-state index in [1.807, 2.05) is 53.9 Å². The van der Waals surface area contributed by atoms with Crippen LogP contribution in [0.25, 0.3) is 10.8 Å².